The van der Waals surface area contributed by atoms with Gasteiger partial charge in [0.15, 0.2) is 0 Å². The van der Waals surface area contributed by atoms with Crippen molar-refractivity contribution in [3.63, 3.8) is 0 Å². The number of hydrogen-bond donors (Lipinski definition) is 2. The van der Waals surface area contributed by atoms with Crippen molar-refractivity contribution in [3.8, 4) is 0 Å². The predicted molar refractivity (Wildman–Crippen MR) is 75.9 cm³/mol. The Morgan fingerprint density at radius 1 is 1.42 bits per heavy atom. The summed E-state index contributed by atoms with van der Waals surface area (Å²) in [7, 11) is 0. The van der Waals surface area contributed by atoms with Crippen LogP contribution in [0.15, 0.2) is 0 Å². The van der Waals surface area contributed by atoms with Crippen molar-refractivity contribution in [1.82, 2.24) is 5.32 Å². The third kappa shape index (κ3) is 7.53. The highest BCUT2D eigenvalue weighted by Gasteiger charge is 2.28. The molecule has 1 atom stereocenters. The Labute approximate surface area is 116 Å². The SMILES string of the molecule is CC1(C)CCCC(CC(=O)NCCCOCCO)C1. The van der Waals surface area contributed by atoms with Gasteiger partial charge in [0.05, 0.1) is 13.2 Å². The van der Waals surface area contributed by atoms with E-state index in [0.717, 1.165) is 6.42 Å². The highest BCUT2D eigenvalue weighted by Crippen LogP contribution is 2.39. The second-order valence-electron chi connectivity index (χ2n) is 6.37. The van der Waals surface area contributed by atoms with Crippen molar-refractivity contribution in [2.75, 3.05) is 26.4 Å². The number of amides is 1. The number of carbonyl (C=O) groups excluding carboxylic acids is 1. The standard InChI is InChI=1S/C15H29NO3/c1-15(2)6-3-5-13(12-15)11-14(18)16-7-4-9-19-10-8-17/h13,17H,3-12H2,1-2H3,(H,16,18). The largest absolute Gasteiger partial charge is 0.394 e. The van der Waals surface area contributed by atoms with E-state index in [1.165, 1.54) is 25.7 Å². The normalized spacial score (nSPS) is 22.2. The molecule has 0 aliphatic heterocycles. The minimum absolute atomic E-state index is 0.0593. The summed E-state index contributed by atoms with van der Waals surface area (Å²) in [4.78, 5) is 11.8. The summed E-state index contributed by atoms with van der Waals surface area (Å²) in [6, 6.07) is 0. The Hall–Kier alpha value is -0.610. The van der Waals surface area contributed by atoms with Gasteiger partial charge in [0.25, 0.3) is 0 Å². The summed E-state index contributed by atoms with van der Waals surface area (Å²) in [5.41, 5.74) is 0.404. The van der Waals surface area contributed by atoms with Crippen LogP contribution in [0.4, 0.5) is 0 Å². The Kier molecular flexibility index (Phi) is 7.39. The summed E-state index contributed by atoms with van der Waals surface area (Å²) in [5, 5.41) is 11.5. The van der Waals surface area contributed by atoms with Crippen molar-refractivity contribution in [2.24, 2.45) is 11.3 Å². The van der Waals surface area contributed by atoms with Crippen molar-refractivity contribution >= 4 is 5.91 Å². The van der Waals surface area contributed by atoms with Crippen molar-refractivity contribution in [3.05, 3.63) is 0 Å². The van der Waals surface area contributed by atoms with Crippen LogP contribution < -0.4 is 5.32 Å². The molecule has 19 heavy (non-hydrogen) atoms. The van der Waals surface area contributed by atoms with Crippen LogP contribution in [0.1, 0.15) is 52.4 Å². The molecule has 0 radical (unpaired) electrons. The summed E-state index contributed by atoms with van der Waals surface area (Å²) in [5.74, 6) is 0.722. The molecule has 112 valence electrons. The summed E-state index contributed by atoms with van der Waals surface area (Å²) in [6.07, 6.45) is 6.37. The molecule has 1 aliphatic carbocycles. The van der Waals surface area contributed by atoms with Gasteiger partial charge in [0.1, 0.15) is 0 Å². The predicted octanol–water partition coefficient (Wildman–Crippen LogP) is 2.11. The van der Waals surface area contributed by atoms with E-state index in [2.05, 4.69) is 19.2 Å². The van der Waals surface area contributed by atoms with Gasteiger partial charge in [-0.25, -0.2) is 0 Å². The molecule has 1 fully saturated rings. The molecule has 0 bridgehead atoms. The maximum Gasteiger partial charge on any atom is 0.220 e. The number of rotatable bonds is 8. The quantitative estimate of drug-likeness (QED) is 0.665. The van der Waals surface area contributed by atoms with Crippen LogP contribution in [0.2, 0.25) is 0 Å². The number of aliphatic hydroxyl groups excluding tert-OH is 1. The van der Waals surface area contributed by atoms with Crippen LogP contribution in [-0.4, -0.2) is 37.4 Å². The zero-order valence-electron chi connectivity index (χ0n) is 12.4. The molecule has 0 saturated heterocycles. The lowest BCUT2D eigenvalue weighted by Gasteiger charge is -2.34. The van der Waals surface area contributed by atoms with Crippen LogP contribution in [0.3, 0.4) is 0 Å². The molecule has 0 aromatic carbocycles. The molecule has 0 heterocycles. The first-order chi connectivity index (χ1) is 9.03. The molecule has 0 spiro atoms. The van der Waals surface area contributed by atoms with E-state index in [-0.39, 0.29) is 12.5 Å². The molecule has 1 unspecified atom stereocenters. The van der Waals surface area contributed by atoms with Crippen molar-refractivity contribution in [1.29, 1.82) is 0 Å². The van der Waals surface area contributed by atoms with Crippen molar-refractivity contribution < 1.29 is 14.6 Å². The van der Waals surface area contributed by atoms with Gasteiger partial charge in [-0.3, -0.25) is 4.79 Å². The van der Waals surface area contributed by atoms with Gasteiger partial charge in [-0.05, 0) is 37.0 Å². The zero-order valence-corrected chi connectivity index (χ0v) is 12.4. The Morgan fingerprint density at radius 2 is 2.21 bits per heavy atom. The molecule has 0 aromatic rings. The molecule has 1 amide bonds. The molecule has 0 aromatic heterocycles. The van der Waals surface area contributed by atoms with E-state index >= 15 is 0 Å². The second-order valence-corrected chi connectivity index (χ2v) is 6.37. The lowest BCUT2D eigenvalue weighted by atomic mass is 9.71. The summed E-state index contributed by atoms with van der Waals surface area (Å²) in [6.45, 7) is 6.30. The van der Waals surface area contributed by atoms with Crippen molar-refractivity contribution in [2.45, 2.75) is 52.4 Å². The minimum atomic E-state index is 0.0593. The Balaban J connectivity index is 2.07. The average molecular weight is 271 g/mol. The fraction of sp³-hybridized carbons (Fsp3) is 0.933. The maximum atomic E-state index is 11.8. The van der Waals surface area contributed by atoms with E-state index in [4.69, 9.17) is 9.84 Å². The number of carbonyl (C=O) groups is 1. The van der Waals surface area contributed by atoms with E-state index < -0.39 is 0 Å². The lowest BCUT2D eigenvalue weighted by molar-refractivity contribution is -0.122. The molecule has 2 N–H and O–H groups in total. The Morgan fingerprint density at radius 3 is 2.89 bits per heavy atom. The fourth-order valence-corrected chi connectivity index (χ4v) is 2.93. The summed E-state index contributed by atoms with van der Waals surface area (Å²) < 4.78 is 5.14. The first-order valence-corrected chi connectivity index (χ1v) is 7.49. The third-order valence-corrected chi connectivity index (χ3v) is 3.80. The topological polar surface area (TPSA) is 58.6 Å². The van der Waals surface area contributed by atoms with Gasteiger partial charge in [-0.15, -0.1) is 0 Å². The monoisotopic (exact) mass is 271 g/mol. The molecular formula is C15H29NO3. The Bertz CT molecular complexity index is 266. The third-order valence-electron chi connectivity index (χ3n) is 3.80. The van der Waals surface area contributed by atoms with Gasteiger partial charge >= 0.3 is 0 Å². The van der Waals surface area contributed by atoms with Gasteiger partial charge in [0.2, 0.25) is 5.91 Å². The molecule has 1 aliphatic rings. The molecule has 4 heteroatoms. The van der Waals surface area contributed by atoms with E-state index in [9.17, 15) is 4.79 Å². The average Bonchev–Trinajstić information content (AvgIpc) is 2.32. The highest BCUT2D eigenvalue weighted by atomic mass is 16.5. The molecule has 1 rings (SSSR count). The fourth-order valence-electron chi connectivity index (χ4n) is 2.93. The highest BCUT2D eigenvalue weighted by molar-refractivity contribution is 5.76. The van der Waals surface area contributed by atoms with Crippen LogP contribution in [-0.2, 0) is 9.53 Å². The molecular weight excluding hydrogens is 242 g/mol. The maximum absolute atomic E-state index is 11.8. The minimum Gasteiger partial charge on any atom is -0.394 e. The number of ether oxygens (including phenoxy) is 1. The molecule has 1 saturated carbocycles. The van der Waals surface area contributed by atoms with Gasteiger partial charge in [-0.2, -0.15) is 0 Å². The first-order valence-electron chi connectivity index (χ1n) is 7.49. The molecule has 4 nitrogen and oxygen atoms in total. The first kappa shape index (κ1) is 16.4. The van der Waals surface area contributed by atoms with Crippen LogP contribution in [0.25, 0.3) is 0 Å². The zero-order chi connectivity index (χ0) is 14.1. The van der Waals surface area contributed by atoms with E-state index in [1.54, 1.807) is 0 Å². The van der Waals surface area contributed by atoms with Gasteiger partial charge < -0.3 is 15.2 Å². The van der Waals surface area contributed by atoms with Gasteiger partial charge in [-0.1, -0.05) is 20.3 Å². The van der Waals surface area contributed by atoms with Gasteiger partial charge in [0, 0.05) is 19.6 Å². The van der Waals surface area contributed by atoms with E-state index in [0.29, 0.717) is 37.5 Å². The smallest absolute Gasteiger partial charge is 0.220 e. The number of nitrogens with one attached hydrogen (secondary N) is 1. The van der Waals surface area contributed by atoms with E-state index in [1.807, 2.05) is 0 Å². The summed E-state index contributed by atoms with van der Waals surface area (Å²) >= 11 is 0. The number of aliphatic hydroxyl groups is 1. The van der Waals surface area contributed by atoms with Crippen LogP contribution in [0, 0.1) is 11.3 Å². The second kappa shape index (κ2) is 8.54. The van der Waals surface area contributed by atoms with Crippen LogP contribution >= 0.6 is 0 Å². The van der Waals surface area contributed by atoms with Crippen LogP contribution in [0.5, 0.6) is 0 Å². The number of hydrogen-bond acceptors (Lipinski definition) is 3. The lowest BCUT2D eigenvalue weighted by Crippen LogP contribution is -2.30.